The van der Waals surface area contributed by atoms with Crippen LogP contribution < -0.4 is 14.8 Å². The van der Waals surface area contributed by atoms with E-state index in [9.17, 15) is 18.0 Å². The fourth-order valence-electron chi connectivity index (χ4n) is 2.60. The first-order valence-corrected chi connectivity index (χ1v) is 8.73. The van der Waals surface area contributed by atoms with E-state index in [1.54, 1.807) is 50.1 Å². The zero-order valence-electron chi connectivity index (χ0n) is 16.0. The first kappa shape index (κ1) is 21.6. The fraction of sp³-hybridized carbons (Fsp3) is 0.350. The SMILES string of the molecule is CCOc1cc(CN(C)CC(=O)Nc2ccc(C)c(F)c2)ccc1OC(F)F. The minimum Gasteiger partial charge on any atom is -0.490 e. The molecule has 0 saturated heterocycles. The lowest BCUT2D eigenvalue weighted by atomic mass is 10.2. The second kappa shape index (κ2) is 9.98. The summed E-state index contributed by atoms with van der Waals surface area (Å²) < 4.78 is 48.3. The van der Waals surface area contributed by atoms with Crippen LogP contribution in [0.4, 0.5) is 18.9 Å². The molecule has 28 heavy (non-hydrogen) atoms. The molecule has 2 aromatic carbocycles. The average molecular weight is 396 g/mol. The summed E-state index contributed by atoms with van der Waals surface area (Å²) >= 11 is 0. The zero-order valence-corrected chi connectivity index (χ0v) is 16.0. The second-order valence-corrected chi connectivity index (χ2v) is 6.28. The highest BCUT2D eigenvalue weighted by Crippen LogP contribution is 2.30. The molecule has 0 aliphatic rings. The third-order valence-corrected chi connectivity index (χ3v) is 3.85. The number of halogens is 3. The highest BCUT2D eigenvalue weighted by Gasteiger charge is 2.14. The molecule has 0 aliphatic heterocycles. The molecular formula is C20H23F3N2O3. The van der Waals surface area contributed by atoms with Crippen LogP contribution in [0.5, 0.6) is 11.5 Å². The molecule has 5 nitrogen and oxygen atoms in total. The number of hydrogen-bond donors (Lipinski definition) is 1. The highest BCUT2D eigenvalue weighted by molar-refractivity contribution is 5.92. The molecule has 0 aromatic heterocycles. The monoisotopic (exact) mass is 396 g/mol. The maximum Gasteiger partial charge on any atom is 0.387 e. The molecule has 0 unspecified atom stereocenters. The van der Waals surface area contributed by atoms with Crippen molar-refractivity contribution in [2.24, 2.45) is 0 Å². The second-order valence-electron chi connectivity index (χ2n) is 6.28. The van der Waals surface area contributed by atoms with Gasteiger partial charge in [0.25, 0.3) is 0 Å². The summed E-state index contributed by atoms with van der Waals surface area (Å²) in [6.45, 7) is 1.18. The van der Waals surface area contributed by atoms with Gasteiger partial charge in [0.05, 0.1) is 13.2 Å². The number of alkyl halides is 2. The quantitative estimate of drug-likeness (QED) is 0.690. The lowest BCUT2D eigenvalue weighted by Crippen LogP contribution is -2.29. The van der Waals surface area contributed by atoms with E-state index in [1.165, 1.54) is 12.1 Å². The molecule has 0 fully saturated rings. The van der Waals surface area contributed by atoms with Crippen molar-refractivity contribution in [1.29, 1.82) is 0 Å². The Hall–Kier alpha value is -2.74. The Kier molecular flexibility index (Phi) is 7.69. The molecule has 0 radical (unpaired) electrons. The van der Waals surface area contributed by atoms with Gasteiger partial charge in [0.2, 0.25) is 5.91 Å². The van der Waals surface area contributed by atoms with Gasteiger partial charge >= 0.3 is 6.61 Å². The highest BCUT2D eigenvalue weighted by atomic mass is 19.3. The van der Waals surface area contributed by atoms with Gasteiger partial charge < -0.3 is 14.8 Å². The Bertz CT molecular complexity index is 815. The molecule has 0 atom stereocenters. The Labute approximate surface area is 162 Å². The van der Waals surface area contributed by atoms with Gasteiger partial charge in [-0.05, 0) is 56.3 Å². The number of amides is 1. The number of nitrogens with one attached hydrogen (secondary N) is 1. The number of rotatable bonds is 9. The third kappa shape index (κ3) is 6.45. The number of benzene rings is 2. The van der Waals surface area contributed by atoms with Crippen LogP contribution in [0.1, 0.15) is 18.1 Å². The molecule has 1 amide bonds. The number of nitrogens with zero attached hydrogens (tertiary/aromatic N) is 1. The molecule has 152 valence electrons. The van der Waals surface area contributed by atoms with Crippen LogP contribution in [0.15, 0.2) is 36.4 Å². The number of hydrogen-bond acceptors (Lipinski definition) is 4. The Balaban J connectivity index is 1.97. The summed E-state index contributed by atoms with van der Waals surface area (Å²) in [5, 5.41) is 2.64. The molecule has 0 saturated carbocycles. The lowest BCUT2D eigenvalue weighted by Gasteiger charge is -2.18. The molecular weight excluding hydrogens is 373 g/mol. The molecule has 0 aliphatic carbocycles. The number of ether oxygens (including phenoxy) is 2. The summed E-state index contributed by atoms with van der Waals surface area (Å²) in [5.41, 5.74) is 1.65. The molecule has 8 heteroatoms. The Morgan fingerprint density at radius 1 is 1.18 bits per heavy atom. The van der Waals surface area contributed by atoms with E-state index >= 15 is 0 Å². The number of anilines is 1. The maximum absolute atomic E-state index is 13.6. The van der Waals surface area contributed by atoms with E-state index in [1.807, 2.05) is 0 Å². The van der Waals surface area contributed by atoms with Crippen LogP contribution in [0.3, 0.4) is 0 Å². The summed E-state index contributed by atoms with van der Waals surface area (Å²) in [4.78, 5) is 13.9. The topological polar surface area (TPSA) is 50.8 Å². The van der Waals surface area contributed by atoms with Crippen molar-refractivity contribution in [2.45, 2.75) is 27.0 Å². The van der Waals surface area contributed by atoms with Gasteiger partial charge in [-0.3, -0.25) is 9.69 Å². The summed E-state index contributed by atoms with van der Waals surface area (Å²) in [6, 6.07) is 9.13. The molecule has 2 aromatic rings. The molecule has 1 N–H and O–H groups in total. The van der Waals surface area contributed by atoms with Crippen LogP contribution in [0, 0.1) is 12.7 Å². The van der Waals surface area contributed by atoms with Gasteiger partial charge in [0.15, 0.2) is 11.5 Å². The molecule has 2 rings (SSSR count). The standard InChI is InChI=1S/C20H23F3N2O3/c1-4-27-18-9-14(6-8-17(18)28-20(22)23)11-25(3)12-19(26)24-15-7-5-13(2)16(21)10-15/h5-10,20H,4,11-12H2,1-3H3,(H,24,26). The van der Waals surface area contributed by atoms with Crippen molar-refractivity contribution in [1.82, 2.24) is 4.90 Å². The normalized spacial score (nSPS) is 11.0. The van der Waals surface area contributed by atoms with Crippen molar-refractivity contribution in [3.05, 3.63) is 53.3 Å². The first-order chi connectivity index (χ1) is 13.3. The van der Waals surface area contributed by atoms with E-state index < -0.39 is 6.61 Å². The largest absolute Gasteiger partial charge is 0.490 e. The zero-order chi connectivity index (χ0) is 20.7. The van der Waals surface area contributed by atoms with E-state index in [-0.39, 0.29) is 29.8 Å². The summed E-state index contributed by atoms with van der Waals surface area (Å²) in [6.07, 6.45) is 0. The van der Waals surface area contributed by atoms with E-state index in [0.717, 1.165) is 5.56 Å². The minimum absolute atomic E-state index is 0.0395. The van der Waals surface area contributed by atoms with Crippen molar-refractivity contribution in [3.8, 4) is 11.5 Å². The minimum atomic E-state index is -2.94. The predicted octanol–water partition coefficient (Wildman–Crippen LogP) is 4.20. The smallest absolute Gasteiger partial charge is 0.387 e. The Morgan fingerprint density at radius 2 is 1.93 bits per heavy atom. The molecule has 0 spiro atoms. The number of likely N-dealkylation sites (N-methyl/N-ethyl adjacent to an activating group) is 1. The lowest BCUT2D eigenvalue weighted by molar-refractivity contribution is -0.117. The Morgan fingerprint density at radius 3 is 2.57 bits per heavy atom. The van der Waals surface area contributed by atoms with E-state index in [0.29, 0.717) is 24.4 Å². The van der Waals surface area contributed by atoms with Crippen LogP contribution in [-0.4, -0.2) is 37.6 Å². The van der Waals surface area contributed by atoms with Crippen molar-refractivity contribution in [2.75, 3.05) is 25.5 Å². The predicted molar refractivity (Wildman–Crippen MR) is 100 cm³/mol. The summed E-state index contributed by atoms with van der Waals surface area (Å²) in [7, 11) is 1.74. The van der Waals surface area contributed by atoms with Crippen LogP contribution >= 0.6 is 0 Å². The first-order valence-electron chi connectivity index (χ1n) is 8.73. The van der Waals surface area contributed by atoms with Crippen molar-refractivity contribution >= 4 is 11.6 Å². The van der Waals surface area contributed by atoms with Crippen LogP contribution in [0.2, 0.25) is 0 Å². The van der Waals surface area contributed by atoms with Crippen LogP contribution in [0.25, 0.3) is 0 Å². The molecule has 0 bridgehead atoms. The van der Waals surface area contributed by atoms with Gasteiger partial charge in [0, 0.05) is 12.2 Å². The van der Waals surface area contributed by atoms with Crippen molar-refractivity contribution < 1.29 is 27.4 Å². The van der Waals surface area contributed by atoms with Gasteiger partial charge in [0.1, 0.15) is 5.82 Å². The van der Waals surface area contributed by atoms with Crippen LogP contribution in [-0.2, 0) is 11.3 Å². The molecule has 0 heterocycles. The van der Waals surface area contributed by atoms with Gasteiger partial charge in [-0.1, -0.05) is 12.1 Å². The van der Waals surface area contributed by atoms with Crippen molar-refractivity contribution in [3.63, 3.8) is 0 Å². The maximum atomic E-state index is 13.6. The van der Waals surface area contributed by atoms with Gasteiger partial charge in [-0.2, -0.15) is 8.78 Å². The van der Waals surface area contributed by atoms with Gasteiger partial charge in [-0.15, -0.1) is 0 Å². The number of carbonyl (C=O) groups excluding carboxylic acids is 1. The van der Waals surface area contributed by atoms with Gasteiger partial charge in [-0.25, -0.2) is 4.39 Å². The number of carbonyl (C=O) groups is 1. The average Bonchev–Trinajstić information content (AvgIpc) is 2.60. The fourth-order valence-corrected chi connectivity index (χ4v) is 2.60. The third-order valence-electron chi connectivity index (χ3n) is 3.85. The number of aryl methyl sites for hydroxylation is 1. The summed E-state index contributed by atoms with van der Waals surface area (Å²) in [5.74, 6) is -0.509. The van der Waals surface area contributed by atoms with E-state index in [4.69, 9.17) is 4.74 Å². The van der Waals surface area contributed by atoms with E-state index in [2.05, 4.69) is 10.1 Å².